The van der Waals surface area contributed by atoms with Crippen LogP contribution in [-0.4, -0.2) is 53.1 Å². The molecule has 0 unspecified atom stereocenters. The van der Waals surface area contributed by atoms with E-state index in [9.17, 15) is 4.79 Å². The number of fused-ring (bicyclic) bond motifs is 3. The number of ether oxygens (including phenoxy) is 1. The van der Waals surface area contributed by atoms with Gasteiger partial charge >= 0.3 is 0 Å². The topological polar surface area (TPSA) is 47.4 Å². The molecule has 1 aliphatic carbocycles. The number of hydrogen-bond acceptors (Lipinski definition) is 6. The third-order valence-corrected chi connectivity index (χ3v) is 8.27. The van der Waals surface area contributed by atoms with Crippen LogP contribution in [0.2, 0.25) is 0 Å². The molecule has 0 spiro atoms. The second kappa shape index (κ2) is 9.06. The van der Waals surface area contributed by atoms with Crippen LogP contribution in [0.25, 0.3) is 15.9 Å². The SMILES string of the molecule is Cc1cc(C)cc(-n2c(SCCN3CCOCC3)nc3sc4c(c3c2=O)CCCC4)c1. The fourth-order valence-corrected chi connectivity index (χ4v) is 7.00. The van der Waals surface area contributed by atoms with Gasteiger partial charge in [-0.1, -0.05) is 17.8 Å². The summed E-state index contributed by atoms with van der Waals surface area (Å²) < 4.78 is 7.33. The maximum Gasteiger partial charge on any atom is 0.267 e. The highest BCUT2D eigenvalue weighted by Gasteiger charge is 2.23. The van der Waals surface area contributed by atoms with E-state index in [-0.39, 0.29) is 5.56 Å². The van der Waals surface area contributed by atoms with Gasteiger partial charge in [0.2, 0.25) is 0 Å². The van der Waals surface area contributed by atoms with E-state index in [0.717, 1.165) is 78.9 Å². The number of morpholine rings is 1. The van der Waals surface area contributed by atoms with Crippen molar-refractivity contribution in [3.05, 3.63) is 50.1 Å². The van der Waals surface area contributed by atoms with E-state index in [4.69, 9.17) is 9.72 Å². The van der Waals surface area contributed by atoms with Crippen LogP contribution in [-0.2, 0) is 17.6 Å². The summed E-state index contributed by atoms with van der Waals surface area (Å²) >= 11 is 3.43. The number of aromatic nitrogens is 2. The Morgan fingerprint density at radius 1 is 1.10 bits per heavy atom. The number of thiophene rings is 1. The predicted octanol–water partition coefficient (Wildman–Crippen LogP) is 4.37. The van der Waals surface area contributed by atoms with Crippen molar-refractivity contribution in [2.75, 3.05) is 38.6 Å². The average Bonchev–Trinajstić information content (AvgIpc) is 3.12. The van der Waals surface area contributed by atoms with Crippen LogP contribution in [0, 0.1) is 13.8 Å². The molecule has 0 N–H and O–H groups in total. The monoisotopic (exact) mass is 455 g/mol. The summed E-state index contributed by atoms with van der Waals surface area (Å²) in [6.07, 6.45) is 4.46. The van der Waals surface area contributed by atoms with Crippen molar-refractivity contribution >= 4 is 33.3 Å². The molecule has 1 aromatic carbocycles. The molecule has 2 aliphatic rings. The highest BCUT2D eigenvalue weighted by molar-refractivity contribution is 7.99. The van der Waals surface area contributed by atoms with E-state index in [1.54, 1.807) is 23.1 Å². The van der Waals surface area contributed by atoms with E-state index < -0.39 is 0 Å². The molecule has 2 aromatic heterocycles. The summed E-state index contributed by atoms with van der Waals surface area (Å²) in [4.78, 5) is 23.6. The van der Waals surface area contributed by atoms with E-state index in [0.29, 0.717) is 0 Å². The number of nitrogens with zero attached hydrogens (tertiary/aromatic N) is 3. The second-order valence-corrected chi connectivity index (χ2v) is 10.7. The summed E-state index contributed by atoms with van der Waals surface area (Å²) in [5.41, 5.74) is 4.62. The standard InChI is InChI=1S/C24H29N3O2S2/c1-16-13-17(2)15-18(14-16)27-23(28)21-19-5-3-4-6-20(19)31-22(21)25-24(27)30-12-9-26-7-10-29-11-8-26/h13-15H,3-12H2,1-2H3. The molecule has 5 nitrogen and oxygen atoms in total. The summed E-state index contributed by atoms with van der Waals surface area (Å²) in [6, 6.07) is 6.36. The van der Waals surface area contributed by atoms with Gasteiger partial charge in [0.1, 0.15) is 4.83 Å². The molecular weight excluding hydrogens is 426 g/mol. The zero-order chi connectivity index (χ0) is 21.4. The average molecular weight is 456 g/mol. The van der Waals surface area contributed by atoms with Gasteiger partial charge in [-0.05, 0) is 68.4 Å². The molecule has 0 amide bonds. The first-order valence-electron chi connectivity index (χ1n) is 11.2. The lowest BCUT2D eigenvalue weighted by Gasteiger charge is -2.26. The Bertz CT molecular complexity index is 1140. The highest BCUT2D eigenvalue weighted by Crippen LogP contribution is 2.35. The van der Waals surface area contributed by atoms with Crippen LogP contribution in [0.3, 0.4) is 0 Å². The van der Waals surface area contributed by atoms with Crippen molar-refractivity contribution in [1.29, 1.82) is 0 Å². The molecule has 164 valence electrons. The van der Waals surface area contributed by atoms with Crippen molar-refractivity contribution in [2.24, 2.45) is 0 Å². The molecule has 5 rings (SSSR count). The van der Waals surface area contributed by atoms with Crippen LogP contribution < -0.4 is 5.56 Å². The van der Waals surface area contributed by atoms with Gasteiger partial charge in [-0.3, -0.25) is 14.3 Å². The fourth-order valence-electron chi connectivity index (χ4n) is 4.68. The van der Waals surface area contributed by atoms with Gasteiger partial charge < -0.3 is 4.74 Å². The van der Waals surface area contributed by atoms with Crippen LogP contribution in [0.5, 0.6) is 0 Å². The van der Waals surface area contributed by atoms with Gasteiger partial charge in [0.05, 0.1) is 24.3 Å². The lowest BCUT2D eigenvalue weighted by Crippen LogP contribution is -2.37. The number of aryl methyl sites for hydroxylation is 4. The van der Waals surface area contributed by atoms with Crippen LogP contribution in [0.15, 0.2) is 28.2 Å². The van der Waals surface area contributed by atoms with Crippen LogP contribution in [0.1, 0.15) is 34.4 Å². The maximum absolute atomic E-state index is 13.9. The van der Waals surface area contributed by atoms with Gasteiger partial charge in [-0.15, -0.1) is 11.3 Å². The molecule has 0 saturated carbocycles. The zero-order valence-electron chi connectivity index (χ0n) is 18.3. The van der Waals surface area contributed by atoms with Crippen molar-refractivity contribution in [3.8, 4) is 5.69 Å². The smallest absolute Gasteiger partial charge is 0.267 e. The van der Waals surface area contributed by atoms with Crippen molar-refractivity contribution in [1.82, 2.24) is 14.5 Å². The third kappa shape index (κ3) is 4.33. The van der Waals surface area contributed by atoms with Gasteiger partial charge in [0.15, 0.2) is 5.16 Å². The van der Waals surface area contributed by atoms with E-state index >= 15 is 0 Å². The minimum atomic E-state index is 0.100. The molecule has 31 heavy (non-hydrogen) atoms. The molecule has 0 radical (unpaired) electrons. The molecule has 3 heterocycles. The van der Waals surface area contributed by atoms with Crippen molar-refractivity contribution < 1.29 is 4.74 Å². The summed E-state index contributed by atoms with van der Waals surface area (Å²) in [7, 11) is 0. The fraction of sp³-hybridized carbons (Fsp3) is 0.500. The van der Waals surface area contributed by atoms with Crippen molar-refractivity contribution in [3.63, 3.8) is 0 Å². The Hall–Kier alpha value is -1.67. The summed E-state index contributed by atoms with van der Waals surface area (Å²) in [6.45, 7) is 8.74. The molecule has 1 fully saturated rings. The third-order valence-electron chi connectivity index (χ3n) is 6.17. The molecule has 7 heteroatoms. The van der Waals surface area contributed by atoms with Gasteiger partial charge in [-0.25, -0.2) is 4.98 Å². The predicted molar refractivity (Wildman–Crippen MR) is 129 cm³/mol. The quantitative estimate of drug-likeness (QED) is 0.422. The number of benzene rings is 1. The first kappa shape index (κ1) is 21.2. The minimum Gasteiger partial charge on any atom is -0.379 e. The largest absolute Gasteiger partial charge is 0.379 e. The van der Waals surface area contributed by atoms with Crippen LogP contribution in [0.4, 0.5) is 0 Å². The molecule has 3 aromatic rings. The Kier molecular flexibility index (Phi) is 6.19. The Balaban J connectivity index is 1.57. The number of rotatable bonds is 5. The zero-order valence-corrected chi connectivity index (χ0v) is 19.9. The lowest BCUT2D eigenvalue weighted by molar-refractivity contribution is 0.0410. The lowest BCUT2D eigenvalue weighted by atomic mass is 9.97. The molecule has 0 bridgehead atoms. The summed E-state index contributed by atoms with van der Waals surface area (Å²) in [5, 5.41) is 1.67. The van der Waals surface area contributed by atoms with E-state index in [1.807, 2.05) is 4.57 Å². The Labute approximate surface area is 191 Å². The second-order valence-electron chi connectivity index (χ2n) is 8.57. The normalized spacial score (nSPS) is 17.2. The first-order valence-corrected chi connectivity index (χ1v) is 13.0. The number of hydrogen-bond donors (Lipinski definition) is 0. The molecular formula is C24H29N3O2S2. The van der Waals surface area contributed by atoms with Gasteiger partial charge in [0.25, 0.3) is 5.56 Å². The number of thioether (sulfide) groups is 1. The van der Waals surface area contributed by atoms with E-state index in [1.165, 1.54) is 28.0 Å². The molecule has 1 saturated heterocycles. The Morgan fingerprint density at radius 3 is 2.61 bits per heavy atom. The van der Waals surface area contributed by atoms with Gasteiger partial charge in [0, 0.05) is 30.3 Å². The highest BCUT2D eigenvalue weighted by atomic mass is 32.2. The minimum absolute atomic E-state index is 0.100. The Morgan fingerprint density at radius 2 is 1.84 bits per heavy atom. The summed E-state index contributed by atoms with van der Waals surface area (Å²) in [5.74, 6) is 0.911. The van der Waals surface area contributed by atoms with Gasteiger partial charge in [-0.2, -0.15) is 0 Å². The maximum atomic E-state index is 13.9. The van der Waals surface area contributed by atoms with Crippen LogP contribution >= 0.6 is 23.1 Å². The van der Waals surface area contributed by atoms with E-state index in [2.05, 4.69) is 36.9 Å². The van der Waals surface area contributed by atoms with Crippen molar-refractivity contribution in [2.45, 2.75) is 44.7 Å². The molecule has 1 aliphatic heterocycles. The molecule has 0 atom stereocenters. The first-order chi connectivity index (χ1) is 15.1.